The minimum atomic E-state index is -5.02. The number of nitrogens with zero attached hydrogens (tertiary/aromatic N) is 4. The van der Waals surface area contributed by atoms with Crippen molar-refractivity contribution in [3.63, 3.8) is 0 Å². The molecular weight excluding hydrogens is 777 g/mol. The first kappa shape index (κ1) is 38.4. The van der Waals surface area contributed by atoms with Crippen molar-refractivity contribution in [1.29, 1.82) is 0 Å². The first-order valence-corrected chi connectivity index (χ1v) is 18.4. The summed E-state index contributed by atoms with van der Waals surface area (Å²) in [6.45, 7) is 0. The van der Waals surface area contributed by atoms with Crippen molar-refractivity contribution in [3.05, 3.63) is 108 Å². The van der Waals surface area contributed by atoms with Gasteiger partial charge in [-0.25, -0.2) is 14.4 Å². The molecule has 8 N–H and O–H groups in total. The van der Waals surface area contributed by atoms with Gasteiger partial charge in [0, 0.05) is 22.1 Å². The number of aromatic hydroxyl groups is 2. The number of hydrogen-bond acceptors (Lipinski definition) is 13. The van der Waals surface area contributed by atoms with Crippen LogP contribution >= 0.6 is 0 Å². The lowest BCUT2D eigenvalue weighted by molar-refractivity contribution is 0.0686. The van der Waals surface area contributed by atoms with Gasteiger partial charge in [-0.2, -0.15) is 27.1 Å². The minimum absolute atomic E-state index is 0.00681. The van der Waals surface area contributed by atoms with Crippen molar-refractivity contribution in [2.45, 2.75) is 9.79 Å². The van der Waals surface area contributed by atoms with Crippen molar-refractivity contribution < 1.29 is 60.8 Å². The monoisotopic (exact) mass is 800 g/mol. The summed E-state index contributed by atoms with van der Waals surface area (Å²) >= 11 is 0. The highest BCUT2D eigenvalue weighted by atomic mass is 32.2. The lowest BCUT2D eigenvalue weighted by atomic mass is 10.1. The second kappa shape index (κ2) is 14.8. The van der Waals surface area contributed by atoms with Gasteiger partial charge in [0.25, 0.3) is 20.2 Å². The van der Waals surface area contributed by atoms with Crippen LogP contribution in [0.5, 0.6) is 11.5 Å². The van der Waals surface area contributed by atoms with E-state index >= 15 is 0 Å². The number of urea groups is 1. The van der Waals surface area contributed by atoms with Crippen LogP contribution in [0.3, 0.4) is 0 Å². The Labute approximate surface area is 314 Å². The lowest BCUT2D eigenvalue weighted by Gasteiger charge is -2.13. The first-order chi connectivity index (χ1) is 26.4. The Morgan fingerprint density at radius 2 is 0.911 bits per heavy atom. The number of phenols is 2. The number of carboxylic acids is 2. The number of benzene rings is 6. The molecule has 0 saturated heterocycles. The van der Waals surface area contributed by atoms with E-state index in [1.165, 1.54) is 72.8 Å². The van der Waals surface area contributed by atoms with Gasteiger partial charge in [0.15, 0.2) is 11.5 Å². The number of rotatable bonds is 10. The second-order valence-electron chi connectivity index (χ2n) is 11.7. The van der Waals surface area contributed by atoms with Gasteiger partial charge in [0.05, 0.1) is 22.5 Å². The summed E-state index contributed by atoms with van der Waals surface area (Å²) < 4.78 is 69.0. The molecule has 0 spiro atoms. The number of carbonyl (C=O) groups is 3. The average Bonchev–Trinajstić information content (AvgIpc) is 3.13. The van der Waals surface area contributed by atoms with Crippen LogP contribution < -0.4 is 10.6 Å². The highest BCUT2D eigenvalue weighted by Crippen LogP contribution is 2.43. The predicted octanol–water partition coefficient (Wildman–Crippen LogP) is 7.77. The Morgan fingerprint density at radius 3 is 1.27 bits per heavy atom. The zero-order chi connectivity index (χ0) is 40.5. The van der Waals surface area contributed by atoms with Crippen LogP contribution in [0.2, 0.25) is 0 Å². The van der Waals surface area contributed by atoms with Gasteiger partial charge in [-0.15, -0.1) is 10.2 Å². The maximum Gasteiger partial charge on any atom is 0.335 e. The van der Waals surface area contributed by atoms with Crippen LogP contribution in [-0.2, 0) is 20.2 Å². The zero-order valence-electron chi connectivity index (χ0n) is 27.9. The van der Waals surface area contributed by atoms with Gasteiger partial charge in [-0.05, 0) is 95.7 Å². The quantitative estimate of drug-likeness (QED) is 0.0485. The van der Waals surface area contributed by atoms with E-state index < -0.39 is 70.9 Å². The van der Waals surface area contributed by atoms with Crippen molar-refractivity contribution >= 4 is 93.9 Å². The van der Waals surface area contributed by atoms with Gasteiger partial charge in [0.2, 0.25) is 0 Å². The van der Waals surface area contributed by atoms with Crippen LogP contribution in [0.4, 0.5) is 38.9 Å². The molecule has 0 bridgehead atoms. The molecule has 0 atom stereocenters. The topological polar surface area (TPSA) is 314 Å². The normalized spacial score (nSPS) is 12.0. The van der Waals surface area contributed by atoms with Gasteiger partial charge < -0.3 is 31.1 Å². The summed E-state index contributed by atoms with van der Waals surface area (Å²) in [5.74, 6) is -3.91. The first-order valence-electron chi connectivity index (χ1n) is 15.5. The molecular formula is C35H24N6O13S2. The number of anilines is 2. The molecule has 6 aromatic carbocycles. The second-order valence-corrected chi connectivity index (χ2v) is 14.4. The summed E-state index contributed by atoms with van der Waals surface area (Å²) in [5.41, 5.74) is -1.38. The van der Waals surface area contributed by atoms with Crippen LogP contribution in [0.25, 0.3) is 21.5 Å². The van der Waals surface area contributed by atoms with Crippen molar-refractivity contribution in [2.75, 3.05) is 10.6 Å². The Bertz CT molecular complexity index is 2740. The van der Waals surface area contributed by atoms with Crippen LogP contribution in [0.15, 0.2) is 127 Å². The molecule has 6 rings (SSSR count). The number of carbonyl (C=O) groups excluding carboxylic acids is 1. The maximum absolute atomic E-state index is 13.0. The smallest absolute Gasteiger partial charge is 0.335 e. The van der Waals surface area contributed by atoms with E-state index in [0.717, 1.165) is 24.3 Å². The number of aromatic carboxylic acids is 2. The van der Waals surface area contributed by atoms with Crippen LogP contribution in [-0.4, -0.2) is 64.3 Å². The molecule has 0 aliphatic rings. The van der Waals surface area contributed by atoms with Crippen molar-refractivity contribution in [2.24, 2.45) is 20.5 Å². The molecule has 0 aliphatic heterocycles. The van der Waals surface area contributed by atoms with E-state index in [4.69, 9.17) is 0 Å². The highest BCUT2D eigenvalue weighted by molar-refractivity contribution is 7.86. The molecule has 6 aromatic rings. The third-order valence-corrected chi connectivity index (χ3v) is 9.62. The third kappa shape index (κ3) is 8.24. The summed E-state index contributed by atoms with van der Waals surface area (Å²) in [5, 5.41) is 60.6. The Kier molecular flexibility index (Phi) is 10.2. The molecule has 0 radical (unpaired) electrons. The SMILES string of the molecule is O=C(Nc1ccc2c(O)c(N=Nc3cccc(C(=O)O)c3)c(S(=O)(=O)O)cc2c1)Nc1ccc2c(O)c(N=Nc3cccc(C(=O)O)c3)c(S(=O)(=O)O)cc2c1. The van der Waals surface area contributed by atoms with Gasteiger partial charge in [0.1, 0.15) is 21.2 Å². The highest BCUT2D eigenvalue weighted by Gasteiger charge is 2.24. The number of azo groups is 2. The van der Waals surface area contributed by atoms with Gasteiger partial charge >= 0.3 is 18.0 Å². The molecule has 21 heteroatoms. The Hall–Kier alpha value is -7.33. The van der Waals surface area contributed by atoms with Crippen molar-refractivity contribution in [3.8, 4) is 11.5 Å². The van der Waals surface area contributed by atoms with E-state index in [0.29, 0.717) is 0 Å². The van der Waals surface area contributed by atoms with E-state index in [9.17, 15) is 60.8 Å². The molecule has 2 amide bonds. The third-order valence-electron chi connectivity index (χ3n) is 7.89. The number of amides is 2. The molecule has 0 aliphatic carbocycles. The molecule has 0 unspecified atom stereocenters. The molecule has 56 heavy (non-hydrogen) atoms. The number of fused-ring (bicyclic) bond motifs is 2. The molecule has 0 fully saturated rings. The molecule has 284 valence electrons. The fourth-order valence-electron chi connectivity index (χ4n) is 5.36. The van der Waals surface area contributed by atoms with Crippen LogP contribution in [0, 0.1) is 0 Å². The molecule has 0 heterocycles. The molecule has 0 saturated carbocycles. The largest absolute Gasteiger partial charge is 0.505 e. The number of nitrogens with one attached hydrogen (secondary N) is 2. The fourth-order valence-corrected chi connectivity index (χ4v) is 6.67. The Morgan fingerprint density at radius 1 is 0.518 bits per heavy atom. The van der Waals surface area contributed by atoms with E-state index in [1.807, 2.05) is 0 Å². The predicted molar refractivity (Wildman–Crippen MR) is 199 cm³/mol. The number of hydrogen-bond donors (Lipinski definition) is 8. The summed E-state index contributed by atoms with van der Waals surface area (Å²) in [6.07, 6.45) is 0. The molecule has 0 aromatic heterocycles. The summed E-state index contributed by atoms with van der Waals surface area (Å²) in [7, 11) is -10.0. The standard InChI is InChI=1S/C35H24N6O13S2/c42-31-25-9-7-21(13-19(25)15-27(55(49,50)51)29(31)40-38-23-5-1-3-17(11-23)33(44)45)36-35(48)37-22-8-10-26-20(14-22)16-28(56(52,53)54)30(32(26)43)41-39-24-6-2-4-18(12-24)34(46)47/h1-16,42-43H,(H,44,45)(H,46,47)(H2,36,37,48)(H,49,50,51)(H,52,53,54). The van der Waals surface area contributed by atoms with Crippen LogP contribution in [0.1, 0.15) is 20.7 Å². The zero-order valence-corrected chi connectivity index (χ0v) is 29.5. The van der Waals surface area contributed by atoms with Gasteiger partial charge in [-0.1, -0.05) is 12.1 Å². The number of carboxylic acid groups (broad SMARTS) is 2. The number of phenolic OH excluding ortho intramolecular Hbond substituents is 2. The van der Waals surface area contributed by atoms with Gasteiger partial charge in [-0.3, -0.25) is 9.11 Å². The van der Waals surface area contributed by atoms with E-state index in [-0.39, 0.29) is 55.4 Å². The maximum atomic E-state index is 13.0. The van der Waals surface area contributed by atoms with Crippen molar-refractivity contribution in [1.82, 2.24) is 0 Å². The fraction of sp³-hybridized carbons (Fsp3) is 0. The Balaban J connectivity index is 1.27. The summed E-state index contributed by atoms with van der Waals surface area (Å²) in [6, 6.07) is 19.3. The summed E-state index contributed by atoms with van der Waals surface area (Å²) in [4.78, 5) is 33.9. The minimum Gasteiger partial charge on any atom is -0.505 e. The molecule has 19 nitrogen and oxygen atoms in total. The average molecular weight is 801 g/mol. The van der Waals surface area contributed by atoms with E-state index in [1.54, 1.807) is 0 Å². The van der Waals surface area contributed by atoms with E-state index in [2.05, 4.69) is 31.1 Å². The lowest BCUT2D eigenvalue weighted by Crippen LogP contribution is -2.19.